The smallest absolute Gasteiger partial charge is 0.330 e. The molecule has 0 heterocycles. The predicted molar refractivity (Wildman–Crippen MR) is 83.0 cm³/mol. The second-order valence-corrected chi connectivity index (χ2v) is 5.25. The van der Waals surface area contributed by atoms with Gasteiger partial charge in [-0.05, 0) is 57.2 Å². The molecule has 0 spiro atoms. The summed E-state index contributed by atoms with van der Waals surface area (Å²) in [6.45, 7) is 7.64. The van der Waals surface area contributed by atoms with Crippen LogP contribution in [-0.2, 0) is 16.0 Å². The largest absolute Gasteiger partial charge is 0.507 e. The number of carbonyl (C=O) groups excluding carboxylic acids is 1. The minimum atomic E-state index is -0.355. The molecule has 0 bridgehead atoms. The molecule has 0 saturated heterocycles. The summed E-state index contributed by atoms with van der Waals surface area (Å²) in [5, 5.41) is 10.4. The van der Waals surface area contributed by atoms with Gasteiger partial charge in [-0.1, -0.05) is 5.57 Å². The van der Waals surface area contributed by atoms with Crippen molar-refractivity contribution in [1.29, 1.82) is 0 Å². The number of phenols is 1. The van der Waals surface area contributed by atoms with E-state index in [2.05, 4.69) is 4.74 Å². The normalized spacial score (nSPS) is 11.4. The van der Waals surface area contributed by atoms with Gasteiger partial charge in [-0.25, -0.2) is 4.79 Å². The number of aromatic hydroxyl groups is 1. The van der Waals surface area contributed by atoms with Crippen molar-refractivity contribution in [2.24, 2.45) is 0 Å². The van der Waals surface area contributed by atoms with Gasteiger partial charge in [0.1, 0.15) is 11.5 Å². The predicted octanol–water partition coefficient (Wildman–Crippen LogP) is 3.38. The molecule has 116 valence electrons. The third-order valence-electron chi connectivity index (χ3n) is 3.88. The van der Waals surface area contributed by atoms with Crippen molar-refractivity contribution >= 4 is 5.97 Å². The van der Waals surface area contributed by atoms with Crippen LogP contribution in [0.4, 0.5) is 0 Å². The van der Waals surface area contributed by atoms with Gasteiger partial charge >= 0.3 is 5.97 Å². The number of carbonyl (C=O) groups is 1. The van der Waals surface area contributed by atoms with Crippen molar-refractivity contribution in [3.63, 3.8) is 0 Å². The van der Waals surface area contributed by atoms with Gasteiger partial charge < -0.3 is 14.6 Å². The molecule has 0 radical (unpaired) electrons. The molecule has 0 unspecified atom stereocenters. The summed E-state index contributed by atoms with van der Waals surface area (Å²) in [7, 11) is 2.99. The SMILES string of the molecule is COC(=O)/C=C(/C)CCc1c(C)c(OC)c(C)c(C)c1O. The van der Waals surface area contributed by atoms with Gasteiger partial charge in [-0.2, -0.15) is 0 Å². The van der Waals surface area contributed by atoms with E-state index in [9.17, 15) is 9.90 Å². The van der Waals surface area contributed by atoms with Crippen LogP contribution in [0.2, 0.25) is 0 Å². The Hall–Kier alpha value is -1.97. The molecule has 1 aromatic carbocycles. The number of methoxy groups -OCH3 is 2. The fourth-order valence-corrected chi connectivity index (χ4v) is 2.44. The first-order chi connectivity index (χ1) is 9.83. The molecule has 4 nitrogen and oxygen atoms in total. The number of allylic oxidation sites excluding steroid dienone is 1. The van der Waals surface area contributed by atoms with Crippen LogP contribution in [-0.4, -0.2) is 25.3 Å². The van der Waals surface area contributed by atoms with E-state index < -0.39 is 0 Å². The van der Waals surface area contributed by atoms with Gasteiger partial charge in [0.25, 0.3) is 0 Å². The van der Waals surface area contributed by atoms with Gasteiger partial charge in [0, 0.05) is 11.6 Å². The fourth-order valence-electron chi connectivity index (χ4n) is 2.44. The third kappa shape index (κ3) is 3.78. The lowest BCUT2D eigenvalue weighted by molar-refractivity contribution is -0.134. The van der Waals surface area contributed by atoms with Gasteiger partial charge in [-0.3, -0.25) is 0 Å². The summed E-state index contributed by atoms with van der Waals surface area (Å²) in [5.41, 5.74) is 4.52. The molecule has 1 rings (SSSR count). The highest BCUT2D eigenvalue weighted by atomic mass is 16.5. The molecule has 0 aromatic heterocycles. The highest BCUT2D eigenvalue weighted by Crippen LogP contribution is 2.37. The minimum Gasteiger partial charge on any atom is -0.507 e. The number of hydrogen-bond acceptors (Lipinski definition) is 4. The maximum atomic E-state index is 11.2. The van der Waals surface area contributed by atoms with Gasteiger partial charge in [0.2, 0.25) is 0 Å². The average Bonchev–Trinajstić information content (AvgIpc) is 2.45. The molecule has 1 N–H and O–H groups in total. The van der Waals surface area contributed by atoms with Crippen molar-refractivity contribution in [3.8, 4) is 11.5 Å². The van der Waals surface area contributed by atoms with Crippen molar-refractivity contribution in [2.75, 3.05) is 14.2 Å². The monoisotopic (exact) mass is 292 g/mol. The van der Waals surface area contributed by atoms with E-state index in [4.69, 9.17) is 4.74 Å². The first-order valence-corrected chi connectivity index (χ1v) is 6.94. The van der Waals surface area contributed by atoms with Crippen LogP contribution < -0.4 is 4.74 Å². The number of phenolic OH excluding ortho intramolecular Hbond substituents is 1. The van der Waals surface area contributed by atoms with Gasteiger partial charge in [-0.15, -0.1) is 0 Å². The van der Waals surface area contributed by atoms with Crippen LogP contribution in [0.15, 0.2) is 11.6 Å². The zero-order valence-corrected chi connectivity index (χ0v) is 13.7. The van der Waals surface area contributed by atoms with Crippen LogP contribution in [0.1, 0.15) is 35.6 Å². The van der Waals surface area contributed by atoms with Crippen LogP contribution >= 0.6 is 0 Å². The van der Waals surface area contributed by atoms with Crippen LogP contribution in [0.25, 0.3) is 0 Å². The molecule has 1 aromatic rings. The Kier molecular flexibility index (Phi) is 5.82. The second-order valence-electron chi connectivity index (χ2n) is 5.25. The summed E-state index contributed by atoms with van der Waals surface area (Å²) >= 11 is 0. The standard InChI is InChI=1S/C17H24O4/c1-10(9-15(18)20-5)7-8-14-13(4)17(21-6)12(3)11(2)16(14)19/h9,19H,7-8H2,1-6H3/b10-9-. The lowest BCUT2D eigenvalue weighted by atomic mass is 9.93. The maximum absolute atomic E-state index is 11.2. The van der Waals surface area contributed by atoms with Gasteiger partial charge in [0.05, 0.1) is 14.2 Å². The van der Waals surface area contributed by atoms with Gasteiger partial charge in [0.15, 0.2) is 0 Å². The number of esters is 1. The summed E-state index contributed by atoms with van der Waals surface area (Å²) in [6.07, 6.45) is 2.80. The molecule has 0 atom stereocenters. The molecular formula is C17H24O4. The highest BCUT2D eigenvalue weighted by Gasteiger charge is 2.17. The molecule has 4 heteroatoms. The van der Waals surface area contributed by atoms with E-state index in [1.165, 1.54) is 13.2 Å². The Balaban J connectivity index is 3.07. The third-order valence-corrected chi connectivity index (χ3v) is 3.88. The quantitative estimate of drug-likeness (QED) is 0.667. The van der Waals surface area contributed by atoms with Crippen molar-refractivity contribution < 1.29 is 19.4 Å². The molecule has 0 amide bonds. The Morgan fingerprint density at radius 1 is 1.14 bits per heavy atom. The van der Waals surface area contributed by atoms with Crippen LogP contribution in [0.5, 0.6) is 11.5 Å². The zero-order chi connectivity index (χ0) is 16.2. The van der Waals surface area contributed by atoms with Crippen molar-refractivity contribution in [2.45, 2.75) is 40.5 Å². The molecule has 0 aliphatic heterocycles. The first kappa shape index (κ1) is 17.1. The first-order valence-electron chi connectivity index (χ1n) is 6.94. The summed E-state index contributed by atoms with van der Waals surface area (Å²) in [6, 6.07) is 0. The topological polar surface area (TPSA) is 55.8 Å². The molecule has 0 aliphatic rings. The van der Waals surface area contributed by atoms with E-state index in [0.29, 0.717) is 18.6 Å². The van der Waals surface area contributed by atoms with E-state index in [1.807, 2.05) is 27.7 Å². The van der Waals surface area contributed by atoms with E-state index in [0.717, 1.165) is 33.6 Å². The molecule has 0 saturated carbocycles. The Morgan fingerprint density at radius 3 is 2.29 bits per heavy atom. The maximum Gasteiger partial charge on any atom is 0.330 e. The second kappa shape index (κ2) is 7.16. The van der Waals surface area contributed by atoms with Crippen LogP contribution in [0.3, 0.4) is 0 Å². The zero-order valence-electron chi connectivity index (χ0n) is 13.7. The lowest BCUT2D eigenvalue weighted by Gasteiger charge is -2.18. The summed E-state index contributed by atoms with van der Waals surface area (Å²) in [5.74, 6) is 0.776. The summed E-state index contributed by atoms with van der Waals surface area (Å²) in [4.78, 5) is 11.2. The Morgan fingerprint density at radius 2 is 1.76 bits per heavy atom. The van der Waals surface area contributed by atoms with E-state index in [-0.39, 0.29) is 5.97 Å². The number of hydrogen-bond donors (Lipinski definition) is 1. The number of rotatable bonds is 5. The average molecular weight is 292 g/mol. The Bertz CT molecular complexity index is 571. The Labute approximate surface area is 126 Å². The summed E-state index contributed by atoms with van der Waals surface area (Å²) < 4.78 is 10.0. The lowest BCUT2D eigenvalue weighted by Crippen LogP contribution is -2.02. The number of ether oxygens (including phenoxy) is 2. The van der Waals surface area contributed by atoms with E-state index in [1.54, 1.807) is 7.11 Å². The minimum absolute atomic E-state index is 0.316. The van der Waals surface area contributed by atoms with E-state index >= 15 is 0 Å². The van der Waals surface area contributed by atoms with Crippen molar-refractivity contribution in [1.82, 2.24) is 0 Å². The van der Waals surface area contributed by atoms with Crippen molar-refractivity contribution in [3.05, 3.63) is 33.9 Å². The fraction of sp³-hybridized carbons (Fsp3) is 0.471. The highest BCUT2D eigenvalue weighted by molar-refractivity contribution is 5.82. The molecule has 0 fully saturated rings. The number of benzene rings is 1. The molecule has 21 heavy (non-hydrogen) atoms. The molecule has 0 aliphatic carbocycles. The molecular weight excluding hydrogens is 268 g/mol. The van der Waals surface area contributed by atoms with Crippen LogP contribution in [0, 0.1) is 20.8 Å².